The molecule has 0 heterocycles. The zero-order valence-corrected chi connectivity index (χ0v) is 13.7. The van der Waals surface area contributed by atoms with E-state index in [1.54, 1.807) is 0 Å². The van der Waals surface area contributed by atoms with Crippen molar-refractivity contribution in [2.45, 2.75) is 38.8 Å². The Kier molecular flexibility index (Phi) is 5.23. The second-order valence-corrected chi connectivity index (χ2v) is 6.65. The van der Waals surface area contributed by atoms with Crippen LogP contribution in [-0.4, -0.2) is 23.1 Å². The van der Waals surface area contributed by atoms with Gasteiger partial charge in [0.2, 0.25) is 5.91 Å². The summed E-state index contributed by atoms with van der Waals surface area (Å²) in [5.41, 5.74) is 12.7. The van der Waals surface area contributed by atoms with Crippen molar-refractivity contribution in [3.8, 4) is 5.75 Å². The van der Waals surface area contributed by atoms with E-state index < -0.39 is 0 Å². The summed E-state index contributed by atoms with van der Waals surface area (Å²) in [6, 6.07) is 9.59. The van der Waals surface area contributed by atoms with E-state index in [0.717, 1.165) is 21.9 Å². The monoisotopic (exact) mass is 315 g/mol. The summed E-state index contributed by atoms with van der Waals surface area (Å²) in [6.45, 7) is 5.04. The first-order valence-electron chi connectivity index (χ1n) is 7.78. The molecular formula is C18H25N3O2. The Hall–Kier alpha value is -2.11. The van der Waals surface area contributed by atoms with Crippen LogP contribution in [0.15, 0.2) is 30.3 Å². The van der Waals surface area contributed by atoms with Crippen LogP contribution in [0.5, 0.6) is 5.75 Å². The number of carbonyl (C=O) groups is 1. The number of phenols is 1. The lowest BCUT2D eigenvalue weighted by Crippen LogP contribution is -2.42. The topological polar surface area (TPSA) is 101 Å². The summed E-state index contributed by atoms with van der Waals surface area (Å²) in [4.78, 5) is 11.1. The van der Waals surface area contributed by atoms with Crippen LogP contribution in [0.4, 0.5) is 0 Å². The Bertz CT molecular complexity index is 705. The normalized spacial score (nSPS) is 11.8. The van der Waals surface area contributed by atoms with Crippen LogP contribution < -0.4 is 16.8 Å². The van der Waals surface area contributed by atoms with Crippen LogP contribution in [0, 0.1) is 0 Å². The average Bonchev–Trinajstić information content (AvgIpc) is 2.47. The van der Waals surface area contributed by atoms with Crippen LogP contribution in [0.25, 0.3) is 10.8 Å². The molecule has 0 spiro atoms. The van der Waals surface area contributed by atoms with Gasteiger partial charge in [-0.25, -0.2) is 0 Å². The van der Waals surface area contributed by atoms with E-state index in [1.807, 2.05) is 44.2 Å². The van der Waals surface area contributed by atoms with Gasteiger partial charge in [0.05, 0.1) is 0 Å². The fraction of sp³-hybridized carbons (Fsp3) is 0.389. The van der Waals surface area contributed by atoms with Crippen LogP contribution in [0.1, 0.15) is 31.4 Å². The molecular weight excluding hydrogens is 290 g/mol. The molecule has 2 aromatic rings. The summed E-state index contributed by atoms with van der Waals surface area (Å²) < 4.78 is 0. The predicted octanol–water partition coefficient (Wildman–Crippen LogP) is 1.79. The molecule has 0 aliphatic rings. The molecule has 0 aliphatic heterocycles. The molecule has 5 nitrogen and oxygen atoms in total. The number of hydrogen-bond donors (Lipinski definition) is 4. The standard InChI is InChI=1S/C18H25N3O2/c1-18(2,20)11-21-10-13-9-12(7-8-16(19)22)14-5-3-4-6-15(14)17(13)23/h3-6,9,21,23H,7-8,10-11,20H2,1-2H3,(H2,19,22). The van der Waals surface area contributed by atoms with Gasteiger partial charge in [-0.2, -0.15) is 0 Å². The van der Waals surface area contributed by atoms with Gasteiger partial charge in [0, 0.05) is 36.0 Å². The summed E-state index contributed by atoms with van der Waals surface area (Å²) in [6.07, 6.45) is 0.850. The molecule has 0 fully saturated rings. The molecule has 6 N–H and O–H groups in total. The molecule has 0 bridgehead atoms. The van der Waals surface area contributed by atoms with E-state index in [1.165, 1.54) is 0 Å². The summed E-state index contributed by atoms with van der Waals surface area (Å²) in [7, 11) is 0. The number of rotatable bonds is 7. The first kappa shape index (κ1) is 17.2. The second kappa shape index (κ2) is 6.98. The van der Waals surface area contributed by atoms with E-state index in [2.05, 4.69) is 5.32 Å². The molecule has 2 aromatic carbocycles. The van der Waals surface area contributed by atoms with Gasteiger partial charge >= 0.3 is 0 Å². The average molecular weight is 315 g/mol. The van der Waals surface area contributed by atoms with Crippen molar-refractivity contribution in [1.29, 1.82) is 0 Å². The van der Waals surface area contributed by atoms with Crippen molar-refractivity contribution < 1.29 is 9.90 Å². The molecule has 5 heteroatoms. The maximum absolute atomic E-state index is 11.1. The molecule has 0 radical (unpaired) electrons. The highest BCUT2D eigenvalue weighted by Crippen LogP contribution is 2.32. The smallest absolute Gasteiger partial charge is 0.217 e. The number of fused-ring (bicyclic) bond motifs is 1. The minimum absolute atomic E-state index is 0.269. The first-order chi connectivity index (χ1) is 10.8. The number of phenolic OH excluding ortho intramolecular Hbond substituents is 1. The van der Waals surface area contributed by atoms with Gasteiger partial charge in [-0.05, 0) is 31.2 Å². The van der Waals surface area contributed by atoms with E-state index >= 15 is 0 Å². The molecule has 0 atom stereocenters. The van der Waals surface area contributed by atoms with Gasteiger partial charge in [0.25, 0.3) is 0 Å². The summed E-state index contributed by atoms with van der Waals surface area (Å²) >= 11 is 0. The SMILES string of the molecule is CC(C)(N)CNCc1cc(CCC(N)=O)c2ccccc2c1O. The number of aryl methyl sites for hydroxylation is 1. The summed E-state index contributed by atoms with van der Waals surface area (Å²) in [5, 5.41) is 15.5. The molecule has 0 saturated carbocycles. The number of amides is 1. The summed E-state index contributed by atoms with van der Waals surface area (Å²) in [5.74, 6) is -0.0579. The van der Waals surface area contributed by atoms with Crippen molar-refractivity contribution in [1.82, 2.24) is 5.32 Å². The molecule has 2 rings (SSSR count). The van der Waals surface area contributed by atoms with Gasteiger partial charge in [0.15, 0.2) is 0 Å². The minimum Gasteiger partial charge on any atom is -0.507 e. The van der Waals surface area contributed by atoms with Gasteiger partial charge in [-0.1, -0.05) is 30.3 Å². The lowest BCUT2D eigenvalue weighted by Gasteiger charge is -2.20. The van der Waals surface area contributed by atoms with Gasteiger partial charge in [-0.3, -0.25) is 4.79 Å². The Labute approximate surface area is 136 Å². The molecule has 0 saturated heterocycles. The third-order valence-electron chi connectivity index (χ3n) is 3.72. The Morgan fingerprint density at radius 1 is 1.22 bits per heavy atom. The maximum atomic E-state index is 11.1. The third-order valence-corrected chi connectivity index (χ3v) is 3.72. The van der Waals surface area contributed by atoms with Crippen molar-refractivity contribution in [3.05, 3.63) is 41.5 Å². The Morgan fingerprint density at radius 3 is 2.48 bits per heavy atom. The quantitative estimate of drug-likeness (QED) is 0.625. The molecule has 0 aromatic heterocycles. The van der Waals surface area contributed by atoms with E-state index in [-0.39, 0.29) is 23.6 Å². The van der Waals surface area contributed by atoms with Crippen LogP contribution >= 0.6 is 0 Å². The number of nitrogens with two attached hydrogens (primary N) is 2. The molecule has 0 unspecified atom stereocenters. The van der Waals surface area contributed by atoms with Crippen LogP contribution in [0.2, 0.25) is 0 Å². The van der Waals surface area contributed by atoms with Crippen molar-refractivity contribution in [2.24, 2.45) is 11.5 Å². The number of hydrogen-bond acceptors (Lipinski definition) is 4. The Balaban J connectivity index is 2.32. The maximum Gasteiger partial charge on any atom is 0.217 e. The largest absolute Gasteiger partial charge is 0.507 e. The number of benzene rings is 2. The highest BCUT2D eigenvalue weighted by molar-refractivity contribution is 5.92. The third kappa shape index (κ3) is 4.68. The zero-order valence-electron chi connectivity index (χ0n) is 13.7. The fourth-order valence-electron chi connectivity index (χ4n) is 2.62. The lowest BCUT2D eigenvalue weighted by atomic mass is 9.96. The number of primary amides is 1. The number of nitrogens with one attached hydrogen (secondary N) is 1. The molecule has 0 aliphatic carbocycles. The van der Waals surface area contributed by atoms with Crippen LogP contribution in [-0.2, 0) is 17.8 Å². The van der Waals surface area contributed by atoms with E-state index in [9.17, 15) is 9.90 Å². The number of aromatic hydroxyl groups is 1. The van der Waals surface area contributed by atoms with Gasteiger partial charge in [0.1, 0.15) is 5.75 Å². The Morgan fingerprint density at radius 2 is 1.87 bits per heavy atom. The van der Waals surface area contributed by atoms with E-state index in [0.29, 0.717) is 19.5 Å². The number of carbonyl (C=O) groups excluding carboxylic acids is 1. The van der Waals surface area contributed by atoms with Crippen molar-refractivity contribution in [2.75, 3.05) is 6.54 Å². The highest BCUT2D eigenvalue weighted by atomic mass is 16.3. The fourth-order valence-corrected chi connectivity index (χ4v) is 2.62. The predicted molar refractivity (Wildman–Crippen MR) is 93.1 cm³/mol. The highest BCUT2D eigenvalue weighted by Gasteiger charge is 2.14. The molecule has 1 amide bonds. The van der Waals surface area contributed by atoms with Crippen LogP contribution in [0.3, 0.4) is 0 Å². The molecule has 23 heavy (non-hydrogen) atoms. The second-order valence-electron chi connectivity index (χ2n) is 6.65. The molecule has 124 valence electrons. The van der Waals surface area contributed by atoms with E-state index in [4.69, 9.17) is 11.5 Å². The lowest BCUT2D eigenvalue weighted by molar-refractivity contribution is -0.117. The minimum atomic E-state index is -0.327. The first-order valence-corrected chi connectivity index (χ1v) is 7.78. The van der Waals surface area contributed by atoms with Crippen molar-refractivity contribution >= 4 is 16.7 Å². The zero-order chi connectivity index (χ0) is 17.0. The van der Waals surface area contributed by atoms with Gasteiger partial charge in [-0.15, -0.1) is 0 Å². The van der Waals surface area contributed by atoms with Gasteiger partial charge < -0.3 is 21.9 Å². The van der Waals surface area contributed by atoms with Crippen molar-refractivity contribution in [3.63, 3.8) is 0 Å².